The molecule has 2 heterocycles. The van der Waals surface area contributed by atoms with Crippen molar-refractivity contribution in [3.05, 3.63) is 58.3 Å². The SMILES string of the molecule is Cc1noc(NS(=O)(=O)c2cccn2-c2ccccc2C(C)C)c1Br. The summed E-state index contributed by atoms with van der Waals surface area (Å²) >= 11 is 3.27. The van der Waals surface area contributed by atoms with Crippen LogP contribution in [-0.4, -0.2) is 18.1 Å². The van der Waals surface area contributed by atoms with Crippen molar-refractivity contribution >= 4 is 31.8 Å². The second kappa shape index (κ2) is 6.68. The summed E-state index contributed by atoms with van der Waals surface area (Å²) in [6.45, 7) is 5.86. The Morgan fingerprint density at radius 2 is 1.92 bits per heavy atom. The Hall–Kier alpha value is -2.06. The minimum atomic E-state index is -3.85. The number of hydrogen-bond donors (Lipinski definition) is 1. The van der Waals surface area contributed by atoms with Crippen molar-refractivity contribution in [3.63, 3.8) is 0 Å². The molecule has 0 aliphatic heterocycles. The van der Waals surface area contributed by atoms with Gasteiger partial charge in [0, 0.05) is 11.9 Å². The molecule has 0 saturated heterocycles. The van der Waals surface area contributed by atoms with Gasteiger partial charge in [0.15, 0.2) is 5.03 Å². The quantitative estimate of drug-likeness (QED) is 0.656. The van der Waals surface area contributed by atoms with Crippen LogP contribution in [0.5, 0.6) is 0 Å². The van der Waals surface area contributed by atoms with E-state index in [1.54, 1.807) is 29.8 Å². The van der Waals surface area contributed by atoms with Gasteiger partial charge >= 0.3 is 0 Å². The molecule has 0 spiro atoms. The highest BCUT2D eigenvalue weighted by Gasteiger charge is 2.24. The van der Waals surface area contributed by atoms with E-state index in [1.165, 1.54) is 0 Å². The number of sulfonamides is 1. The lowest BCUT2D eigenvalue weighted by molar-refractivity contribution is 0.430. The van der Waals surface area contributed by atoms with E-state index in [2.05, 4.69) is 39.7 Å². The summed E-state index contributed by atoms with van der Waals surface area (Å²) < 4.78 is 35.3. The van der Waals surface area contributed by atoms with Gasteiger partial charge in [0.25, 0.3) is 15.9 Å². The predicted octanol–water partition coefficient (Wildman–Crippen LogP) is 4.46. The molecule has 0 amide bonds. The molecule has 0 radical (unpaired) electrons. The molecule has 0 unspecified atom stereocenters. The van der Waals surface area contributed by atoms with Gasteiger partial charge in [-0.25, -0.2) is 4.72 Å². The Bertz CT molecular complexity index is 1010. The number of benzene rings is 1. The topological polar surface area (TPSA) is 77.1 Å². The first-order chi connectivity index (χ1) is 11.8. The van der Waals surface area contributed by atoms with Crippen molar-refractivity contribution in [1.82, 2.24) is 9.72 Å². The second-order valence-corrected chi connectivity index (χ2v) is 8.37. The van der Waals surface area contributed by atoms with Crippen LogP contribution in [-0.2, 0) is 10.0 Å². The summed E-state index contributed by atoms with van der Waals surface area (Å²) in [6, 6.07) is 11.0. The number of hydrogen-bond acceptors (Lipinski definition) is 4. The smallest absolute Gasteiger partial charge is 0.280 e. The molecule has 3 aromatic rings. The normalized spacial score (nSPS) is 11.9. The van der Waals surface area contributed by atoms with Gasteiger partial charge in [-0.15, -0.1) is 0 Å². The summed E-state index contributed by atoms with van der Waals surface area (Å²) in [4.78, 5) is 0. The van der Waals surface area contributed by atoms with Gasteiger partial charge in [-0.2, -0.15) is 8.42 Å². The lowest BCUT2D eigenvalue weighted by Crippen LogP contribution is -2.17. The zero-order valence-corrected chi connectivity index (χ0v) is 16.4. The summed E-state index contributed by atoms with van der Waals surface area (Å²) in [7, 11) is -3.85. The minimum Gasteiger partial charge on any atom is -0.336 e. The number of rotatable bonds is 5. The third kappa shape index (κ3) is 3.36. The van der Waals surface area contributed by atoms with E-state index in [4.69, 9.17) is 4.52 Å². The highest BCUT2D eigenvalue weighted by molar-refractivity contribution is 9.10. The Labute approximate surface area is 155 Å². The Morgan fingerprint density at radius 3 is 2.56 bits per heavy atom. The van der Waals surface area contributed by atoms with E-state index in [-0.39, 0.29) is 16.8 Å². The number of aryl methyl sites for hydroxylation is 1. The van der Waals surface area contributed by atoms with Crippen molar-refractivity contribution in [2.75, 3.05) is 4.72 Å². The van der Waals surface area contributed by atoms with E-state index in [0.29, 0.717) is 10.2 Å². The average molecular weight is 424 g/mol. The van der Waals surface area contributed by atoms with Gasteiger partial charge in [0.2, 0.25) is 0 Å². The Kier molecular flexibility index (Phi) is 4.75. The molecule has 0 bridgehead atoms. The number of anilines is 1. The fourth-order valence-electron chi connectivity index (χ4n) is 2.57. The molecular weight excluding hydrogens is 406 g/mol. The van der Waals surface area contributed by atoms with E-state index >= 15 is 0 Å². The molecule has 0 fully saturated rings. The summed E-state index contributed by atoms with van der Waals surface area (Å²) in [5.41, 5.74) is 2.46. The predicted molar refractivity (Wildman–Crippen MR) is 99.6 cm³/mol. The summed E-state index contributed by atoms with van der Waals surface area (Å²) in [6.07, 6.45) is 1.73. The summed E-state index contributed by atoms with van der Waals surface area (Å²) in [5.74, 6) is 0.315. The largest absolute Gasteiger partial charge is 0.336 e. The average Bonchev–Trinajstić information content (AvgIpc) is 3.18. The third-order valence-corrected chi connectivity index (χ3v) is 6.09. The van der Waals surface area contributed by atoms with Crippen LogP contribution in [0.15, 0.2) is 56.6 Å². The molecule has 1 N–H and O–H groups in total. The molecule has 1 aromatic carbocycles. The molecule has 6 nitrogen and oxygen atoms in total. The van der Waals surface area contributed by atoms with E-state index in [9.17, 15) is 8.42 Å². The van der Waals surface area contributed by atoms with E-state index in [1.807, 2.05) is 24.3 Å². The maximum atomic E-state index is 12.9. The molecule has 8 heteroatoms. The number of halogens is 1. The fraction of sp³-hybridized carbons (Fsp3) is 0.235. The fourth-order valence-corrected chi connectivity index (χ4v) is 4.11. The highest BCUT2D eigenvalue weighted by atomic mass is 79.9. The zero-order valence-electron chi connectivity index (χ0n) is 14.0. The monoisotopic (exact) mass is 423 g/mol. The molecule has 0 atom stereocenters. The molecule has 3 rings (SSSR count). The number of para-hydroxylation sites is 1. The van der Waals surface area contributed by atoms with Gasteiger partial charge in [0.1, 0.15) is 4.47 Å². The van der Waals surface area contributed by atoms with Crippen molar-refractivity contribution in [2.45, 2.75) is 31.7 Å². The van der Waals surface area contributed by atoms with Gasteiger partial charge in [-0.3, -0.25) is 0 Å². The van der Waals surface area contributed by atoms with Crippen LogP contribution in [0.2, 0.25) is 0 Å². The van der Waals surface area contributed by atoms with Crippen LogP contribution >= 0.6 is 15.9 Å². The Morgan fingerprint density at radius 1 is 1.20 bits per heavy atom. The minimum absolute atomic E-state index is 0.0578. The second-order valence-electron chi connectivity index (χ2n) is 5.95. The molecule has 132 valence electrons. The number of nitrogens with zero attached hydrogens (tertiary/aromatic N) is 2. The molecule has 25 heavy (non-hydrogen) atoms. The van der Waals surface area contributed by atoms with Crippen LogP contribution in [0.4, 0.5) is 5.88 Å². The van der Waals surface area contributed by atoms with Crippen molar-refractivity contribution in [2.24, 2.45) is 0 Å². The molecule has 0 saturated carbocycles. The van der Waals surface area contributed by atoms with Gasteiger partial charge in [0.05, 0.1) is 5.69 Å². The van der Waals surface area contributed by atoms with Gasteiger partial charge in [-0.1, -0.05) is 37.2 Å². The van der Waals surface area contributed by atoms with E-state index < -0.39 is 10.0 Å². The van der Waals surface area contributed by atoms with Crippen LogP contribution in [0, 0.1) is 6.92 Å². The Balaban J connectivity index is 2.06. The number of nitrogens with one attached hydrogen (secondary N) is 1. The van der Waals surface area contributed by atoms with Crippen molar-refractivity contribution in [1.29, 1.82) is 0 Å². The third-order valence-electron chi connectivity index (χ3n) is 3.82. The van der Waals surface area contributed by atoms with Gasteiger partial charge in [-0.05, 0) is 52.5 Å². The van der Waals surface area contributed by atoms with Gasteiger partial charge < -0.3 is 9.09 Å². The van der Waals surface area contributed by atoms with E-state index in [0.717, 1.165) is 11.3 Å². The first-order valence-electron chi connectivity index (χ1n) is 7.72. The van der Waals surface area contributed by atoms with Crippen molar-refractivity contribution < 1.29 is 12.9 Å². The molecule has 0 aliphatic carbocycles. The molecule has 2 aromatic heterocycles. The first-order valence-corrected chi connectivity index (χ1v) is 10.00. The van der Waals surface area contributed by atoms with Crippen LogP contribution in [0.1, 0.15) is 31.0 Å². The number of aromatic nitrogens is 2. The highest BCUT2D eigenvalue weighted by Crippen LogP contribution is 2.30. The van der Waals surface area contributed by atoms with Crippen LogP contribution in [0.25, 0.3) is 5.69 Å². The summed E-state index contributed by atoms with van der Waals surface area (Å²) in [5, 5.41) is 3.87. The first kappa shape index (κ1) is 17.8. The lowest BCUT2D eigenvalue weighted by Gasteiger charge is -2.16. The van der Waals surface area contributed by atoms with Crippen LogP contribution in [0.3, 0.4) is 0 Å². The maximum Gasteiger partial charge on any atom is 0.280 e. The van der Waals surface area contributed by atoms with Crippen molar-refractivity contribution in [3.8, 4) is 5.69 Å². The standard InChI is InChI=1S/C17H18BrN3O3S/c1-11(2)13-7-4-5-8-14(13)21-10-6-9-15(21)25(22,23)20-17-16(18)12(3)19-24-17/h4-11,20H,1-3H3. The van der Waals surface area contributed by atoms with Crippen LogP contribution < -0.4 is 4.72 Å². The molecular formula is C17H18BrN3O3S. The molecule has 0 aliphatic rings. The maximum absolute atomic E-state index is 12.9. The zero-order chi connectivity index (χ0) is 18.2. The lowest BCUT2D eigenvalue weighted by atomic mass is 10.0.